The van der Waals surface area contributed by atoms with Crippen LogP contribution in [-0.4, -0.2) is 35.9 Å². The maximum atomic E-state index is 12.0. The van der Waals surface area contributed by atoms with E-state index in [-0.39, 0.29) is 18.7 Å². The van der Waals surface area contributed by atoms with Crippen LogP contribution in [0.1, 0.15) is 19.3 Å². The summed E-state index contributed by atoms with van der Waals surface area (Å²) in [7, 11) is 0. The highest BCUT2D eigenvalue weighted by atomic mass is 16.5. The predicted octanol–water partition coefficient (Wildman–Crippen LogP) is 1.17. The third-order valence-corrected chi connectivity index (χ3v) is 3.99. The first-order chi connectivity index (χ1) is 12.1. The fourth-order valence-corrected chi connectivity index (χ4v) is 2.77. The third-order valence-electron chi connectivity index (χ3n) is 3.99. The summed E-state index contributed by atoms with van der Waals surface area (Å²) >= 11 is 0. The maximum absolute atomic E-state index is 12.0. The molecule has 1 aromatic carbocycles. The lowest BCUT2D eigenvalue weighted by atomic mass is 9.96. The van der Waals surface area contributed by atoms with E-state index in [1.165, 1.54) is 0 Å². The van der Waals surface area contributed by atoms with E-state index in [0.717, 1.165) is 10.9 Å². The van der Waals surface area contributed by atoms with Crippen molar-refractivity contribution in [1.29, 1.82) is 0 Å². The van der Waals surface area contributed by atoms with Crippen LogP contribution in [0, 0.1) is 5.92 Å². The second-order valence-electron chi connectivity index (χ2n) is 5.90. The van der Waals surface area contributed by atoms with Gasteiger partial charge in [0, 0.05) is 31.0 Å². The van der Waals surface area contributed by atoms with Gasteiger partial charge in [0.2, 0.25) is 17.7 Å². The van der Waals surface area contributed by atoms with Crippen LogP contribution in [-0.2, 0) is 14.4 Å². The summed E-state index contributed by atoms with van der Waals surface area (Å²) in [6, 6.07) is 9.58. The van der Waals surface area contributed by atoms with E-state index < -0.39 is 17.7 Å². The van der Waals surface area contributed by atoms with E-state index in [1.54, 1.807) is 6.20 Å². The smallest absolute Gasteiger partial charge is 0.227 e. The van der Waals surface area contributed by atoms with E-state index in [0.29, 0.717) is 25.3 Å². The number of imide groups is 1. The number of rotatable bonds is 6. The lowest BCUT2D eigenvalue weighted by Crippen LogP contribution is -2.44. The molecule has 0 saturated carbocycles. The van der Waals surface area contributed by atoms with Gasteiger partial charge in [0.05, 0.1) is 12.5 Å². The molecular formula is C18H19N3O4. The molecule has 130 valence electrons. The Hall–Kier alpha value is -2.96. The minimum absolute atomic E-state index is 0.0513. The average Bonchev–Trinajstić information content (AvgIpc) is 2.60. The Morgan fingerprint density at radius 3 is 2.76 bits per heavy atom. The highest BCUT2D eigenvalue weighted by molar-refractivity contribution is 6.02. The molecule has 0 aliphatic carbocycles. The molecule has 7 nitrogen and oxygen atoms in total. The first kappa shape index (κ1) is 16.9. The maximum Gasteiger partial charge on any atom is 0.227 e. The summed E-state index contributed by atoms with van der Waals surface area (Å²) in [6.45, 7) is 0.851. The molecule has 2 aromatic rings. The first-order valence-electron chi connectivity index (χ1n) is 8.20. The number of carbonyl (C=O) groups is 3. The lowest BCUT2D eigenvalue weighted by molar-refractivity contribution is -0.140. The molecule has 0 unspecified atom stereocenters. The number of nitrogens with zero attached hydrogens (tertiary/aromatic N) is 1. The number of hydrogen-bond donors (Lipinski definition) is 2. The van der Waals surface area contributed by atoms with Crippen LogP contribution in [0.4, 0.5) is 0 Å². The van der Waals surface area contributed by atoms with Gasteiger partial charge < -0.3 is 10.1 Å². The van der Waals surface area contributed by atoms with E-state index in [4.69, 9.17) is 4.74 Å². The molecule has 0 radical (unpaired) electrons. The van der Waals surface area contributed by atoms with Gasteiger partial charge in [0.25, 0.3) is 0 Å². The van der Waals surface area contributed by atoms with Gasteiger partial charge in [-0.25, -0.2) is 0 Å². The van der Waals surface area contributed by atoms with Gasteiger partial charge in [-0.2, -0.15) is 0 Å². The Kier molecular flexibility index (Phi) is 5.23. The van der Waals surface area contributed by atoms with Gasteiger partial charge in [-0.1, -0.05) is 18.2 Å². The highest BCUT2D eigenvalue weighted by Gasteiger charge is 2.29. The van der Waals surface area contributed by atoms with Crippen molar-refractivity contribution in [3.63, 3.8) is 0 Å². The number of benzene rings is 1. The number of pyridine rings is 1. The Labute approximate surface area is 144 Å². The van der Waals surface area contributed by atoms with Gasteiger partial charge in [0.15, 0.2) is 0 Å². The lowest BCUT2D eigenvalue weighted by Gasteiger charge is -2.20. The number of ether oxygens (including phenoxy) is 1. The monoisotopic (exact) mass is 341 g/mol. The SMILES string of the molecule is O=C1CC(C(=O)NCCCOc2cccc3cccnc23)CC(=O)N1. The molecule has 1 aromatic heterocycles. The molecule has 3 amide bonds. The summed E-state index contributed by atoms with van der Waals surface area (Å²) in [6.07, 6.45) is 2.43. The van der Waals surface area contributed by atoms with Crippen LogP contribution in [0.2, 0.25) is 0 Å². The summed E-state index contributed by atoms with van der Waals surface area (Å²) in [5.74, 6) is -0.940. The average molecular weight is 341 g/mol. The fourth-order valence-electron chi connectivity index (χ4n) is 2.77. The number of fused-ring (bicyclic) bond motifs is 1. The summed E-state index contributed by atoms with van der Waals surface area (Å²) in [5.41, 5.74) is 0.806. The van der Waals surface area contributed by atoms with Gasteiger partial charge in [-0.3, -0.25) is 24.7 Å². The van der Waals surface area contributed by atoms with Gasteiger partial charge in [0.1, 0.15) is 11.3 Å². The molecule has 2 N–H and O–H groups in total. The molecule has 2 heterocycles. The quantitative estimate of drug-likeness (QED) is 0.607. The number of hydrogen-bond acceptors (Lipinski definition) is 5. The molecule has 25 heavy (non-hydrogen) atoms. The van der Waals surface area contributed by atoms with Crippen molar-refractivity contribution in [2.24, 2.45) is 5.92 Å². The van der Waals surface area contributed by atoms with Gasteiger partial charge in [-0.15, -0.1) is 0 Å². The Morgan fingerprint density at radius 2 is 1.96 bits per heavy atom. The molecule has 0 spiro atoms. The van der Waals surface area contributed by atoms with E-state index >= 15 is 0 Å². The highest BCUT2D eigenvalue weighted by Crippen LogP contribution is 2.22. The second-order valence-corrected chi connectivity index (χ2v) is 5.90. The number of piperidine rings is 1. The van der Waals surface area contributed by atoms with Gasteiger partial charge in [-0.05, 0) is 18.6 Å². The Balaban J connectivity index is 1.43. The Bertz CT molecular complexity index is 785. The van der Waals surface area contributed by atoms with Crippen LogP contribution in [0.5, 0.6) is 5.75 Å². The van der Waals surface area contributed by atoms with E-state index in [2.05, 4.69) is 15.6 Å². The van der Waals surface area contributed by atoms with Crippen molar-refractivity contribution in [3.8, 4) is 5.75 Å². The normalized spacial score (nSPS) is 15.0. The van der Waals surface area contributed by atoms with E-state index in [1.807, 2.05) is 30.3 Å². The molecule has 0 atom stereocenters. The van der Waals surface area contributed by atoms with Crippen molar-refractivity contribution < 1.29 is 19.1 Å². The zero-order valence-electron chi connectivity index (χ0n) is 13.7. The molecule has 7 heteroatoms. The number of amides is 3. The molecule has 3 rings (SSSR count). The molecule has 0 bridgehead atoms. The number of carbonyl (C=O) groups excluding carboxylic acids is 3. The van der Waals surface area contributed by atoms with Crippen molar-refractivity contribution in [1.82, 2.24) is 15.6 Å². The van der Waals surface area contributed by atoms with E-state index in [9.17, 15) is 14.4 Å². The fraction of sp³-hybridized carbons (Fsp3) is 0.333. The third kappa shape index (κ3) is 4.32. The first-order valence-corrected chi connectivity index (χ1v) is 8.20. The number of nitrogens with one attached hydrogen (secondary N) is 2. The number of para-hydroxylation sites is 1. The number of aromatic nitrogens is 1. The largest absolute Gasteiger partial charge is 0.491 e. The summed E-state index contributed by atoms with van der Waals surface area (Å²) < 4.78 is 5.75. The van der Waals surface area contributed by atoms with Crippen LogP contribution >= 0.6 is 0 Å². The van der Waals surface area contributed by atoms with Crippen LogP contribution in [0.25, 0.3) is 10.9 Å². The van der Waals surface area contributed by atoms with Crippen LogP contribution in [0.15, 0.2) is 36.5 Å². The van der Waals surface area contributed by atoms with Gasteiger partial charge >= 0.3 is 0 Å². The van der Waals surface area contributed by atoms with Crippen molar-refractivity contribution >= 4 is 28.6 Å². The minimum atomic E-state index is -0.579. The molecule has 1 fully saturated rings. The van der Waals surface area contributed by atoms with Crippen LogP contribution < -0.4 is 15.4 Å². The van der Waals surface area contributed by atoms with Crippen molar-refractivity contribution in [3.05, 3.63) is 36.5 Å². The zero-order valence-corrected chi connectivity index (χ0v) is 13.7. The topological polar surface area (TPSA) is 97.4 Å². The molecule has 1 aliphatic heterocycles. The summed E-state index contributed by atoms with van der Waals surface area (Å²) in [4.78, 5) is 38.9. The summed E-state index contributed by atoms with van der Waals surface area (Å²) in [5, 5.41) is 5.95. The minimum Gasteiger partial charge on any atom is -0.491 e. The van der Waals surface area contributed by atoms with Crippen LogP contribution in [0.3, 0.4) is 0 Å². The standard InChI is InChI=1S/C18H19N3O4/c22-15-10-13(11-16(23)21-15)18(24)20-8-3-9-25-14-6-1-4-12-5-2-7-19-17(12)14/h1-2,4-7,13H,3,8-11H2,(H,20,24)(H,21,22,23). The second kappa shape index (κ2) is 7.74. The van der Waals surface area contributed by atoms with Crippen molar-refractivity contribution in [2.75, 3.05) is 13.2 Å². The Morgan fingerprint density at radius 1 is 1.20 bits per heavy atom. The predicted molar refractivity (Wildman–Crippen MR) is 90.7 cm³/mol. The molecular weight excluding hydrogens is 322 g/mol. The van der Waals surface area contributed by atoms with Crippen molar-refractivity contribution in [2.45, 2.75) is 19.3 Å². The molecule has 1 saturated heterocycles. The zero-order chi connectivity index (χ0) is 17.6. The molecule has 1 aliphatic rings.